The van der Waals surface area contributed by atoms with Gasteiger partial charge in [0, 0.05) is 6.04 Å². The van der Waals surface area contributed by atoms with Gasteiger partial charge in [-0.3, -0.25) is 0 Å². The molecule has 2 N–H and O–H groups in total. The van der Waals surface area contributed by atoms with Gasteiger partial charge in [0.15, 0.2) is 0 Å². The molecule has 0 saturated heterocycles. The predicted molar refractivity (Wildman–Crippen MR) is 55.7 cm³/mol. The monoisotopic (exact) mass is 185 g/mol. The van der Waals surface area contributed by atoms with Crippen LogP contribution >= 0.6 is 0 Å². The van der Waals surface area contributed by atoms with Crippen LogP contribution in [0.3, 0.4) is 0 Å². The second kappa shape index (κ2) is 5.61. The number of hydrogen-bond acceptors (Lipinski definition) is 2. The van der Waals surface area contributed by atoms with Gasteiger partial charge in [-0.15, -0.1) is 0 Å². The van der Waals surface area contributed by atoms with Crippen LogP contribution in [0, 0.1) is 5.92 Å². The summed E-state index contributed by atoms with van der Waals surface area (Å²) >= 11 is 0. The van der Waals surface area contributed by atoms with Gasteiger partial charge in [-0.25, -0.2) is 0 Å². The first-order chi connectivity index (χ1) is 6.24. The molecule has 1 rings (SSSR count). The van der Waals surface area contributed by atoms with Gasteiger partial charge in [0.05, 0.1) is 6.10 Å². The van der Waals surface area contributed by atoms with E-state index in [-0.39, 0.29) is 6.10 Å². The van der Waals surface area contributed by atoms with Crippen LogP contribution in [-0.4, -0.2) is 23.8 Å². The molecule has 0 radical (unpaired) electrons. The topological polar surface area (TPSA) is 32.3 Å². The molecular formula is C11H23NO. The Labute approximate surface area is 81.7 Å². The lowest BCUT2D eigenvalue weighted by Crippen LogP contribution is -2.43. The second-order valence-corrected chi connectivity index (χ2v) is 4.38. The molecule has 3 atom stereocenters. The van der Waals surface area contributed by atoms with Crippen molar-refractivity contribution in [1.82, 2.24) is 5.32 Å². The van der Waals surface area contributed by atoms with Crippen molar-refractivity contribution in [2.45, 2.75) is 58.1 Å². The number of aliphatic hydroxyl groups is 1. The van der Waals surface area contributed by atoms with Crippen LogP contribution in [0.2, 0.25) is 0 Å². The van der Waals surface area contributed by atoms with Gasteiger partial charge in [0.1, 0.15) is 0 Å². The lowest BCUT2D eigenvalue weighted by Gasteiger charge is -2.29. The molecular weight excluding hydrogens is 162 g/mol. The fourth-order valence-corrected chi connectivity index (χ4v) is 1.85. The third kappa shape index (κ3) is 3.65. The van der Waals surface area contributed by atoms with E-state index < -0.39 is 0 Å². The van der Waals surface area contributed by atoms with Gasteiger partial charge in [-0.1, -0.05) is 33.1 Å². The van der Waals surface area contributed by atoms with Gasteiger partial charge in [-0.05, 0) is 25.3 Å². The summed E-state index contributed by atoms with van der Waals surface area (Å²) in [5.74, 6) is 0.731. The summed E-state index contributed by atoms with van der Waals surface area (Å²) in [6.45, 7) is 5.52. The highest BCUT2D eigenvalue weighted by atomic mass is 16.3. The fourth-order valence-electron chi connectivity index (χ4n) is 1.85. The normalized spacial score (nSPS) is 31.6. The van der Waals surface area contributed by atoms with Crippen LogP contribution in [0.1, 0.15) is 46.0 Å². The van der Waals surface area contributed by atoms with Crippen molar-refractivity contribution in [1.29, 1.82) is 0 Å². The van der Waals surface area contributed by atoms with E-state index >= 15 is 0 Å². The summed E-state index contributed by atoms with van der Waals surface area (Å²) in [7, 11) is 0. The molecule has 0 amide bonds. The first-order valence-electron chi connectivity index (χ1n) is 5.65. The number of hydrogen-bond donors (Lipinski definition) is 2. The van der Waals surface area contributed by atoms with Crippen LogP contribution in [0.25, 0.3) is 0 Å². The maximum Gasteiger partial charge on any atom is 0.0693 e. The molecule has 0 aromatic carbocycles. The maximum atomic E-state index is 9.69. The van der Waals surface area contributed by atoms with Crippen molar-refractivity contribution < 1.29 is 5.11 Å². The Kier molecular flexibility index (Phi) is 4.74. The molecule has 78 valence electrons. The van der Waals surface area contributed by atoms with Crippen molar-refractivity contribution in [3.05, 3.63) is 0 Å². The third-order valence-corrected chi connectivity index (χ3v) is 3.15. The van der Waals surface area contributed by atoms with E-state index in [9.17, 15) is 5.11 Å². The van der Waals surface area contributed by atoms with Crippen molar-refractivity contribution in [2.75, 3.05) is 6.54 Å². The van der Waals surface area contributed by atoms with Gasteiger partial charge >= 0.3 is 0 Å². The van der Waals surface area contributed by atoms with E-state index in [1.54, 1.807) is 0 Å². The fraction of sp³-hybridized carbons (Fsp3) is 1.00. The van der Waals surface area contributed by atoms with E-state index in [0.29, 0.717) is 6.04 Å². The largest absolute Gasteiger partial charge is 0.392 e. The standard InChI is InChI=1S/C11H23NO/c1-3-9(2)8-12-10-6-4-5-7-11(10)13/h9-13H,3-8H2,1-2H3/t9?,10-,11-/m0/s1. The van der Waals surface area contributed by atoms with E-state index in [1.165, 1.54) is 19.3 Å². The molecule has 2 heteroatoms. The molecule has 1 aliphatic carbocycles. The SMILES string of the molecule is CCC(C)CN[C@H]1CCCC[C@@H]1O. The molecule has 0 aromatic heterocycles. The average Bonchev–Trinajstić information content (AvgIpc) is 2.16. The Bertz CT molecular complexity index is 138. The highest BCUT2D eigenvalue weighted by Crippen LogP contribution is 2.18. The van der Waals surface area contributed by atoms with Crippen molar-refractivity contribution in [3.8, 4) is 0 Å². The first-order valence-corrected chi connectivity index (χ1v) is 5.65. The number of rotatable bonds is 4. The van der Waals surface area contributed by atoms with Crippen molar-refractivity contribution in [3.63, 3.8) is 0 Å². The Hall–Kier alpha value is -0.0800. The zero-order chi connectivity index (χ0) is 9.68. The smallest absolute Gasteiger partial charge is 0.0693 e. The van der Waals surface area contributed by atoms with Gasteiger partial charge in [0.25, 0.3) is 0 Å². The Morgan fingerprint density at radius 2 is 2.08 bits per heavy atom. The highest BCUT2D eigenvalue weighted by Gasteiger charge is 2.22. The molecule has 0 aromatic rings. The summed E-state index contributed by atoms with van der Waals surface area (Å²) in [5.41, 5.74) is 0. The van der Waals surface area contributed by atoms with Crippen molar-refractivity contribution >= 4 is 0 Å². The highest BCUT2D eigenvalue weighted by molar-refractivity contribution is 4.80. The van der Waals surface area contributed by atoms with Crippen LogP contribution in [0.5, 0.6) is 0 Å². The zero-order valence-corrected chi connectivity index (χ0v) is 8.92. The van der Waals surface area contributed by atoms with E-state index in [0.717, 1.165) is 25.3 Å². The van der Waals surface area contributed by atoms with Gasteiger partial charge < -0.3 is 10.4 Å². The first kappa shape index (κ1) is 11.0. The van der Waals surface area contributed by atoms with E-state index in [1.807, 2.05) is 0 Å². The summed E-state index contributed by atoms with van der Waals surface area (Å²) in [6, 6.07) is 0.364. The molecule has 0 aliphatic heterocycles. The number of aliphatic hydroxyl groups excluding tert-OH is 1. The minimum atomic E-state index is -0.0993. The quantitative estimate of drug-likeness (QED) is 0.701. The second-order valence-electron chi connectivity index (χ2n) is 4.38. The van der Waals surface area contributed by atoms with E-state index in [2.05, 4.69) is 19.2 Å². The predicted octanol–water partition coefficient (Wildman–Crippen LogP) is 1.93. The maximum absolute atomic E-state index is 9.69. The minimum Gasteiger partial charge on any atom is -0.392 e. The van der Waals surface area contributed by atoms with Gasteiger partial charge in [0.2, 0.25) is 0 Å². The van der Waals surface area contributed by atoms with Crippen LogP contribution in [0.15, 0.2) is 0 Å². The zero-order valence-electron chi connectivity index (χ0n) is 8.92. The van der Waals surface area contributed by atoms with Crippen LogP contribution in [-0.2, 0) is 0 Å². The summed E-state index contributed by atoms with van der Waals surface area (Å²) in [6.07, 6.45) is 5.72. The molecule has 2 nitrogen and oxygen atoms in total. The molecule has 0 heterocycles. The molecule has 1 fully saturated rings. The summed E-state index contributed by atoms with van der Waals surface area (Å²) in [4.78, 5) is 0. The lowest BCUT2D eigenvalue weighted by molar-refractivity contribution is 0.0891. The van der Waals surface area contributed by atoms with E-state index in [4.69, 9.17) is 0 Å². The Balaban J connectivity index is 2.18. The number of nitrogens with one attached hydrogen (secondary N) is 1. The molecule has 1 unspecified atom stereocenters. The molecule has 1 aliphatic rings. The van der Waals surface area contributed by atoms with Crippen molar-refractivity contribution in [2.24, 2.45) is 5.92 Å². The Morgan fingerprint density at radius 3 is 2.69 bits per heavy atom. The molecule has 1 saturated carbocycles. The summed E-state index contributed by atoms with van der Waals surface area (Å²) < 4.78 is 0. The molecule has 0 spiro atoms. The molecule has 13 heavy (non-hydrogen) atoms. The minimum absolute atomic E-state index is 0.0993. The van der Waals surface area contributed by atoms with Crippen LogP contribution < -0.4 is 5.32 Å². The van der Waals surface area contributed by atoms with Crippen LogP contribution in [0.4, 0.5) is 0 Å². The third-order valence-electron chi connectivity index (χ3n) is 3.15. The Morgan fingerprint density at radius 1 is 1.38 bits per heavy atom. The average molecular weight is 185 g/mol. The van der Waals surface area contributed by atoms with Gasteiger partial charge in [-0.2, -0.15) is 0 Å². The molecule has 0 bridgehead atoms. The lowest BCUT2D eigenvalue weighted by atomic mass is 9.92. The summed E-state index contributed by atoms with van der Waals surface area (Å²) in [5, 5.41) is 13.2.